The minimum Gasteiger partial charge on any atom is -0.456 e. The number of aryl methyl sites for hydroxylation is 1. The Morgan fingerprint density at radius 2 is 2.09 bits per heavy atom. The van der Waals surface area contributed by atoms with Crippen LogP contribution < -0.4 is 0 Å². The van der Waals surface area contributed by atoms with E-state index in [1.807, 2.05) is 11.8 Å². The molecule has 12 nitrogen and oxygen atoms in total. The molecule has 2 fully saturated rings. The van der Waals surface area contributed by atoms with Crippen LogP contribution in [-0.4, -0.2) is 102 Å². The van der Waals surface area contributed by atoms with Crippen LogP contribution in [-0.2, 0) is 9.53 Å². The third-order valence-electron chi connectivity index (χ3n) is 6.66. The number of carbonyl (C=O) groups is 2. The second kappa shape index (κ2) is 8.52. The summed E-state index contributed by atoms with van der Waals surface area (Å²) in [5.41, 5.74) is 3.27. The number of esters is 1. The first kappa shape index (κ1) is 21.5. The summed E-state index contributed by atoms with van der Waals surface area (Å²) in [4.78, 5) is 34.8. The second-order valence-electron chi connectivity index (χ2n) is 8.58. The van der Waals surface area contributed by atoms with Gasteiger partial charge in [-0.05, 0) is 36.8 Å². The number of urea groups is 1. The Morgan fingerprint density at radius 1 is 1.24 bits per heavy atom. The van der Waals surface area contributed by atoms with Crippen LogP contribution in [0.4, 0.5) is 4.79 Å². The molecule has 2 atom stereocenters. The summed E-state index contributed by atoms with van der Waals surface area (Å²) >= 11 is 0. The van der Waals surface area contributed by atoms with E-state index in [1.54, 1.807) is 24.1 Å². The largest absolute Gasteiger partial charge is 0.456 e. The first-order valence-electron chi connectivity index (χ1n) is 11.0. The van der Waals surface area contributed by atoms with Crippen molar-refractivity contribution >= 4 is 12.0 Å². The number of nitrogens with zero attached hydrogens (tertiary/aromatic N) is 8. The zero-order chi connectivity index (χ0) is 23.1. The van der Waals surface area contributed by atoms with E-state index >= 15 is 0 Å². The third kappa shape index (κ3) is 3.85. The van der Waals surface area contributed by atoms with Crippen LogP contribution in [0.15, 0.2) is 29.9 Å². The molecule has 0 radical (unpaired) electrons. The smallest absolute Gasteiger partial charge is 0.336 e. The number of aromatic nitrogens is 5. The van der Waals surface area contributed by atoms with Crippen LogP contribution >= 0.6 is 0 Å². The number of hydrogen-bond acceptors (Lipinski definition) is 9. The summed E-state index contributed by atoms with van der Waals surface area (Å²) < 4.78 is 6.59. The summed E-state index contributed by atoms with van der Waals surface area (Å²) in [5.74, 6) is -0.357. The van der Waals surface area contributed by atoms with Gasteiger partial charge in [0.25, 0.3) is 0 Å². The molecule has 0 aliphatic carbocycles. The van der Waals surface area contributed by atoms with Crippen LogP contribution in [0.1, 0.15) is 30.7 Å². The van der Waals surface area contributed by atoms with Gasteiger partial charge in [-0.2, -0.15) is 0 Å². The summed E-state index contributed by atoms with van der Waals surface area (Å²) in [6, 6.07) is 1.75. The fourth-order valence-corrected chi connectivity index (χ4v) is 4.91. The number of carbonyl (C=O) groups excluding carboxylic acids is 2. The van der Waals surface area contributed by atoms with Gasteiger partial charge in [0.15, 0.2) is 0 Å². The van der Waals surface area contributed by atoms with E-state index in [-0.39, 0.29) is 24.6 Å². The van der Waals surface area contributed by atoms with E-state index < -0.39 is 6.10 Å². The Morgan fingerprint density at radius 3 is 2.82 bits per heavy atom. The van der Waals surface area contributed by atoms with Gasteiger partial charge in [0.05, 0.1) is 23.1 Å². The molecule has 2 saturated heterocycles. The molecule has 0 saturated carbocycles. The zero-order valence-corrected chi connectivity index (χ0v) is 18.6. The number of β-amino-alcohol motifs (C(OH)–C–C–N with tert-alkyl or cyclic N) is 1. The second-order valence-corrected chi connectivity index (χ2v) is 8.58. The average Bonchev–Trinajstić information content (AvgIpc) is 3.58. The summed E-state index contributed by atoms with van der Waals surface area (Å²) in [6.07, 6.45) is 3.20. The molecule has 3 aliphatic rings. The number of amides is 2. The molecule has 12 heteroatoms. The molecule has 0 bridgehead atoms. The zero-order valence-electron chi connectivity index (χ0n) is 18.6. The predicted molar refractivity (Wildman–Crippen MR) is 114 cm³/mol. The van der Waals surface area contributed by atoms with Crippen molar-refractivity contribution in [3.8, 4) is 5.69 Å². The van der Waals surface area contributed by atoms with E-state index in [0.29, 0.717) is 54.4 Å². The molecule has 1 N–H and O–H groups in total. The number of pyridine rings is 1. The minimum absolute atomic E-state index is 0.0580. The SMILES string of the molecule is CC1=C(N2CCN(C3CCN(CC(O)c4c(-n5cnnn5)ccnc4C)C3)C2=O)COC1=O. The number of rotatable bonds is 6. The molecule has 0 spiro atoms. The molecular formula is C21H26N8O4. The number of cyclic esters (lactones) is 1. The maximum atomic E-state index is 13.1. The fourth-order valence-electron chi connectivity index (χ4n) is 4.91. The highest BCUT2D eigenvalue weighted by atomic mass is 16.5. The van der Waals surface area contributed by atoms with Gasteiger partial charge in [0, 0.05) is 56.2 Å². The Labute approximate surface area is 190 Å². The summed E-state index contributed by atoms with van der Waals surface area (Å²) in [6.45, 7) is 6.71. The Hall–Kier alpha value is -3.38. The van der Waals surface area contributed by atoms with Gasteiger partial charge < -0.3 is 14.7 Å². The molecule has 0 aromatic carbocycles. The molecule has 174 valence electrons. The topological polar surface area (TPSA) is 130 Å². The number of ether oxygens (including phenoxy) is 1. The molecule has 5 rings (SSSR count). The molecule has 2 aromatic heterocycles. The van der Waals surface area contributed by atoms with Gasteiger partial charge in [0.2, 0.25) is 0 Å². The van der Waals surface area contributed by atoms with E-state index in [4.69, 9.17) is 4.74 Å². The predicted octanol–water partition coefficient (Wildman–Crippen LogP) is 0.0418. The minimum atomic E-state index is -0.781. The molecule has 2 aromatic rings. The molecular weight excluding hydrogens is 428 g/mol. The molecule has 2 amide bonds. The number of hydrogen-bond donors (Lipinski definition) is 1. The van der Waals surface area contributed by atoms with Gasteiger partial charge >= 0.3 is 12.0 Å². The van der Waals surface area contributed by atoms with Gasteiger partial charge in [-0.25, -0.2) is 14.3 Å². The summed E-state index contributed by atoms with van der Waals surface area (Å²) in [5, 5.41) is 22.4. The standard InChI is InChI=1S/C21H26N8O4/c1-13-17(11-33-20(13)31)28-8-7-27(21(28)32)15-4-6-26(9-15)10-18(30)19-14(2)22-5-3-16(19)29-12-23-24-25-29/h3,5,12,15,18,30H,4,6-11H2,1-2H3. The van der Waals surface area contributed by atoms with E-state index in [0.717, 1.165) is 13.0 Å². The van der Waals surface area contributed by atoms with Gasteiger partial charge in [-0.1, -0.05) is 0 Å². The highest BCUT2D eigenvalue weighted by Crippen LogP contribution is 2.29. The maximum Gasteiger partial charge on any atom is 0.336 e. The molecule has 2 unspecified atom stereocenters. The van der Waals surface area contributed by atoms with Crippen molar-refractivity contribution in [3.63, 3.8) is 0 Å². The lowest BCUT2D eigenvalue weighted by Gasteiger charge is -2.26. The number of aliphatic hydroxyl groups is 1. The lowest BCUT2D eigenvalue weighted by Crippen LogP contribution is -2.41. The van der Waals surface area contributed by atoms with Crippen molar-refractivity contribution in [3.05, 3.63) is 41.1 Å². The fraction of sp³-hybridized carbons (Fsp3) is 0.524. The summed E-state index contributed by atoms with van der Waals surface area (Å²) in [7, 11) is 0. The molecule has 3 aliphatic heterocycles. The van der Waals surface area contributed by atoms with Gasteiger partial charge in [-0.15, -0.1) is 5.10 Å². The lowest BCUT2D eigenvalue weighted by atomic mass is 10.1. The van der Waals surface area contributed by atoms with E-state index in [9.17, 15) is 14.7 Å². The van der Waals surface area contributed by atoms with Gasteiger partial charge in [-0.3, -0.25) is 14.8 Å². The lowest BCUT2D eigenvalue weighted by molar-refractivity contribution is -0.136. The Bertz CT molecular complexity index is 1100. The monoisotopic (exact) mass is 454 g/mol. The van der Waals surface area contributed by atoms with Crippen molar-refractivity contribution in [1.29, 1.82) is 0 Å². The average molecular weight is 454 g/mol. The van der Waals surface area contributed by atoms with Crippen LogP contribution in [0.25, 0.3) is 5.69 Å². The molecule has 5 heterocycles. The quantitative estimate of drug-likeness (QED) is 0.601. The first-order valence-corrected chi connectivity index (χ1v) is 11.0. The first-order chi connectivity index (χ1) is 15.9. The van der Waals surface area contributed by atoms with E-state index in [1.165, 1.54) is 11.0 Å². The number of tetrazole rings is 1. The van der Waals surface area contributed by atoms with Crippen LogP contribution in [0.2, 0.25) is 0 Å². The van der Waals surface area contributed by atoms with Crippen molar-refractivity contribution in [2.24, 2.45) is 0 Å². The van der Waals surface area contributed by atoms with Crippen molar-refractivity contribution < 1.29 is 19.4 Å². The maximum absolute atomic E-state index is 13.1. The van der Waals surface area contributed by atoms with Crippen LogP contribution in [0, 0.1) is 6.92 Å². The van der Waals surface area contributed by atoms with Crippen molar-refractivity contribution in [1.82, 2.24) is 39.9 Å². The van der Waals surface area contributed by atoms with Crippen LogP contribution in [0.3, 0.4) is 0 Å². The molecule has 33 heavy (non-hydrogen) atoms. The Balaban J connectivity index is 1.25. The van der Waals surface area contributed by atoms with Crippen LogP contribution in [0.5, 0.6) is 0 Å². The highest BCUT2D eigenvalue weighted by Gasteiger charge is 2.41. The van der Waals surface area contributed by atoms with Crippen molar-refractivity contribution in [2.75, 3.05) is 39.3 Å². The van der Waals surface area contributed by atoms with Gasteiger partial charge in [0.1, 0.15) is 12.9 Å². The third-order valence-corrected chi connectivity index (χ3v) is 6.66. The Kier molecular flexibility index (Phi) is 5.54. The van der Waals surface area contributed by atoms with Crippen molar-refractivity contribution in [2.45, 2.75) is 32.4 Å². The normalized spacial score (nSPS) is 22.6. The number of aliphatic hydroxyl groups excluding tert-OH is 1. The highest BCUT2D eigenvalue weighted by molar-refractivity contribution is 5.92. The number of likely N-dealkylation sites (tertiary alicyclic amines) is 1. The van der Waals surface area contributed by atoms with E-state index in [2.05, 4.69) is 25.4 Å².